The van der Waals surface area contributed by atoms with Crippen LogP contribution < -0.4 is 10.2 Å². The third kappa shape index (κ3) is 5.07. The maximum Gasteiger partial charge on any atom is 0.251 e. The van der Waals surface area contributed by atoms with Crippen LogP contribution in [0, 0.1) is 0 Å². The largest absolute Gasteiger partial charge is 0.370 e. The highest BCUT2D eigenvalue weighted by Gasteiger charge is 2.32. The van der Waals surface area contributed by atoms with Crippen LogP contribution in [0.4, 0.5) is 0 Å². The molecule has 0 saturated carbocycles. The smallest absolute Gasteiger partial charge is 0.251 e. The summed E-state index contributed by atoms with van der Waals surface area (Å²) in [5.41, 5.74) is 1.49. The molecule has 0 radical (unpaired) electrons. The van der Waals surface area contributed by atoms with E-state index in [2.05, 4.69) is 17.4 Å². The van der Waals surface area contributed by atoms with E-state index in [-0.39, 0.29) is 22.9 Å². The fourth-order valence-electron chi connectivity index (χ4n) is 3.86. The predicted octanol–water partition coefficient (Wildman–Crippen LogP) is 0.712. The van der Waals surface area contributed by atoms with Crippen molar-refractivity contribution in [3.8, 4) is 0 Å². The van der Waals surface area contributed by atoms with Crippen LogP contribution in [0.15, 0.2) is 59.5 Å². The van der Waals surface area contributed by atoms with Gasteiger partial charge in [-0.05, 0) is 25.1 Å². The molecule has 2 N–H and O–H groups in total. The van der Waals surface area contributed by atoms with Gasteiger partial charge in [0.25, 0.3) is 5.91 Å². The highest BCUT2D eigenvalue weighted by molar-refractivity contribution is 7.89. The first-order valence-corrected chi connectivity index (χ1v) is 11.6. The van der Waals surface area contributed by atoms with E-state index in [9.17, 15) is 13.2 Å². The standard InChI is InChI=1S/C22H29N3O4S/c1-17(21(18-8-5-4-6-9-18)25-12-14-29-15-13-25)23-22(26)19-10-7-11-20(16-19)30(27,28)24(2)3/h4-11,16-17,21H,12-15H2,1-3H3,(H,23,26)/p+1/t17-,21+/m0/s1. The van der Waals surface area contributed by atoms with Gasteiger partial charge in [-0.15, -0.1) is 0 Å². The van der Waals surface area contributed by atoms with Crippen molar-refractivity contribution in [1.29, 1.82) is 0 Å². The molecule has 8 heteroatoms. The van der Waals surface area contributed by atoms with Gasteiger partial charge in [-0.3, -0.25) is 4.79 Å². The van der Waals surface area contributed by atoms with Gasteiger partial charge in [0.1, 0.15) is 19.1 Å². The Morgan fingerprint density at radius 2 is 1.73 bits per heavy atom. The molecule has 1 fully saturated rings. The van der Waals surface area contributed by atoms with Crippen molar-refractivity contribution in [1.82, 2.24) is 9.62 Å². The summed E-state index contributed by atoms with van der Waals surface area (Å²) in [5, 5.41) is 3.09. The Balaban J connectivity index is 1.82. The van der Waals surface area contributed by atoms with Crippen LogP contribution in [0.3, 0.4) is 0 Å². The van der Waals surface area contributed by atoms with Gasteiger partial charge in [-0.2, -0.15) is 0 Å². The molecule has 2 aromatic rings. The molecule has 162 valence electrons. The summed E-state index contributed by atoms with van der Waals surface area (Å²) in [6, 6.07) is 16.2. The predicted molar refractivity (Wildman–Crippen MR) is 115 cm³/mol. The third-order valence-corrected chi connectivity index (χ3v) is 7.28. The summed E-state index contributed by atoms with van der Waals surface area (Å²) in [6.07, 6.45) is 0. The second-order valence-electron chi connectivity index (χ2n) is 7.74. The monoisotopic (exact) mass is 432 g/mol. The van der Waals surface area contributed by atoms with Crippen LogP contribution in [0.5, 0.6) is 0 Å². The zero-order chi connectivity index (χ0) is 21.7. The van der Waals surface area contributed by atoms with Gasteiger partial charge in [0.15, 0.2) is 0 Å². The molecule has 1 aliphatic heterocycles. The second kappa shape index (κ2) is 9.70. The fraction of sp³-hybridized carbons (Fsp3) is 0.409. The fourth-order valence-corrected chi connectivity index (χ4v) is 4.81. The number of benzene rings is 2. The van der Waals surface area contributed by atoms with E-state index in [4.69, 9.17) is 4.74 Å². The lowest BCUT2D eigenvalue weighted by Gasteiger charge is -2.35. The zero-order valence-corrected chi connectivity index (χ0v) is 18.5. The van der Waals surface area contributed by atoms with E-state index in [1.54, 1.807) is 12.1 Å². The van der Waals surface area contributed by atoms with Gasteiger partial charge in [-0.25, -0.2) is 12.7 Å². The Morgan fingerprint density at radius 3 is 2.37 bits per heavy atom. The van der Waals surface area contributed by atoms with E-state index in [0.29, 0.717) is 18.8 Å². The van der Waals surface area contributed by atoms with Gasteiger partial charge in [0.2, 0.25) is 10.0 Å². The van der Waals surface area contributed by atoms with Gasteiger partial charge in [0, 0.05) is 25.2 Å². The number of carbonyl (C=O) groups excluding carboxylic acids is 1. The molecule has 1 amide bonds. The molecule has 0 aromatic heterocycles. The van der Waals surface area contributed by atoms with Crippen molar-refractivity contribution in [2.24, 2.45) is 0 Å². The maximum atomic E-state index is 13.0. The number of carbonyl (C=O) groups is 1. The van der Waals surface area contributed by atoms with Gasteiger partial charge < -0.3 is 15.0 Å². The van der Waals surface area contributed by atoms with E-state index < -0.39 is 10.0 Å². The lowest BCUT2D eigenvalue weighted by molar-refractivity contribution is -0.940. The minimum atomic E-state index is -3.60. The van der Waals surface area contributed by atoms with Crippen LogP contribution in [0.1, 0.15) is 28.9 Å². The molecule has 30 heavy (non-hydrogen) atoms. The Kier molecular flexibility index (Phi) is 7.25. The lowest BCUT2D eigenvalue weighted by atomic mass is 9.97. The molecule has 2 aromatic carbocycles. The molecule has 1 saturated heterocycles. The highest BCUT2D eigenvalue weighted by atomic mass is 32.2. The first-order chi connectivity index (χ1) is 14.3. The van der Waals surface area contributed by atoms with E-state index in [1.165, 1.54) is 31.1 Å². The third-order valence-electron chi connectivity index (χ3n) is 5.47. The zero-order valence-electron chi connectivity index (χ0n) is 17.7. The molecule has 1 heterocycles. The van der Waals surface area contributed by atoms with Crippen LogP contribution in [-0.2, 0) is 14.8 Å². The Morgan fingerprint density at radius 1 is 1.07 bits per heavy atom. The number of ether oxygens (including phenoxy) is 1. The van der Waals surface area contributed by atoms with Crippen LogP contribution in [0.2, 0.25) is 0 Å². The molecule has 0 aliphatic carbocycles. The first-order valence-electron chi connectivity index (χ1n) is 10.1. The van der Waals surface area contributed by atoms with E-state index >= 15 is 0 Å². The number of morpholine rings is 1. The first kappa shape index (κ1) is 22.4. The summed E-state index contributed by atoms with van der Waals surface area (Å²) in [4.78, 5) is 14.4. The van der Waals surface area contributed by atoms with Gasteiger partial charge in [0.05, 0.1) is 24.2 Å². The second-order valence-corrected chi connectivity index (χ2v) is 9.89. The molecular weight excluding hydrogens is 402 g/mol. The topological polar surface area (TPSA) is 80.2 Å². The average Bonchev–Trinajstić information content (AvgIpc) is 2.75. The van der Waals surface area contributed by atoms with Crippen molar-refractivity contribution >= 4 is 15.9 Å². The molecule has 0 spiro atoms. The average molecular weight is 433 g/mol. The van der Waals surface area contributed by atoms with Crippen molar-refractivity contribution in [3.63, 3.8) is 0 Å². The summed E-state index contributed by atoms with van der Waals surface area (Å²) in [5.74, 6) is -0.285. The number of nitrogens with one attached hydrogen (secondary N) is 2. The van der Waals surface area contributed by atoms with E-state index in [1.807, 2.05) is 25.1 Å². The molecule has 0 bridgehead atoms. The van der Waals surface area contributed by atoms with Crippen LogP contribution in [-0.4, -0.2) is 65.1 Å². The SMILES string of the molecule is C[C@H](NC(=O)c1cccc(S(=O)(=O)N(C)C)c1)[C@H](c1ccccc1)[NH+]1CCOCC1. The molecular formula is C22H30N3O4S+. The summed E-state index contributed by atoms with van der Waals surface area (Å²) >= 11 is 0. The maximum absolute atomic E-state index is 13.0. The molecule has 0 unspecified atom stereocenters. The molecule has 1 aliphatic rings. The number of hydrogen-bond acceptors (Lipinski definition) is 4. The van der Waals surface area contributed by atoms with Gasteiger partial charge >= 0.3 is 0 Å². The number of nitrogens with zero attached hydrogens (tertiary/aromatic N) is 1. The Bertz CT molecular complexity index is 957. The number of hydrogen-bond donors (Lipinski definition) is 2. The van der Waals surface area contributed by atoms with Crippen molar-refractivity contribution in [2.45, 2.75) is 23.9 Å². The van der Waals surface area contributed by atoms with Crippen LogP contribution in [0.25, 0.3) is 0 Å². The Hall–Kier alpha value is -2.26. The minimum Gasteiger partial charge on any atom is -0.370 e. The van der Waals surface area contributed by atoms with Gasteiger partial charge in [-0.1, -0.05) is 36.4 Å². The summed E-state index contributed by atoms with van der Waals surface area (Å²) in [7, 11) is -0.659. The molecule has 3 rings (SSSR count). The number of sulfonamides is 1. The lowest BCUT2D eigenvalue weighted by Crippen LogP contribution is -3.15. The summed E-state index contributed by atoms with van der Waals surface area (Å²) in [6.45, 7) is 5.14. The van der Waals surface area contributed by atoms with Crippen molar-refractivity contribution in [3.05, 3.63) is 65.7 Å². The quantitative estimate of drug-likeness (QED) is 0.676. The molecule has 7 nitrogen and oxygen atoms in total. The number of amides is 1. The summed E-state index contributed by atoms with van der Waals surface area (Å²) < 4.78 is 31.5. The molecule has 2 atom stereocenters. The number of quaternary nitrogens is 1. The van der Waals surface area contributed by atoms with Crippen LogP contribution >= 0.6 is 0 Å². The van der Waals surface area contributed by atoms with Crippen molar-refractivity contribution < 1.29 is 22.8 Å². The van der Waals surface area contributed by atoms with Crippen molar-refractivity contribution in [2.75, 3.05) is 40.4 Å². The number of rotatable bonds is 7. The van der Waals surface area contributed by atoms with E-state index in [0.717, 1.165) is 23.0 Å². The normalized spacial score (nSPS) is 17.5. The minimum absolute atomic E-state index is 0.0766. The highest BCUT2D eigenvalue weighted by Crippen LogP contribution is 2.17. The Labute approximate surface area is 178 Å².